The standard InChI is InChI=1S/C19H25ClN6O/c1-11-10-26(5-4-19(11,3)27)17-7-15-13(6-14(17)20)8-21-18(23-15)24-16-9-22-25-12(16)2/h6-9,11-12,16,25,27H,4-5,10H2,1-3H3,(H,21,23,24). The molecule has 0 radical (unpaired) electrons. The van der Waals surface area contributed by atoms with Crippen LogP contribution in [0.25, 0.3) is 10.9 Å². The molecule has 7 nitrogen and oxygen atoms in total. The van der Waals surface area contributed by atoms with Crippen LogP contribution in [0.3, 0.4) is 0 Å². The number of aromatic nitrogens is 2. The summed E-state index contributed by atoms with van der Waals surface area (Å²) in [5.41, 5.74) is 4.16. The third kappa shape index (κ3) is 3.53. The van der Waals surface area contributed by atoms with E-state index in [0.29, 0.717) is 17.4 Å². The number of fused-ring (bicyclic) bond motifs is 1. The van der Waals surface area contributed by atoms with Crippen LogP contribution >= 0.6 is 11.6 Å². The highest BCUT2D eigenvalue weighted by atomic mass is 35.5. The fraction of sp³-hybridized carbons (Fsp3) is 0.526. The summed E-state index contributed by atoms with van der Waals surface area (Å²) >= 11 is 6.55. The van der Waals surface area contributed by atoms with E-state index in [2.05, 4.69) is 44.6 Å². The van der Waals surface area contributed by atoms with Crippen LogP contribution in [0, 0.1) is 5.92 Å². The van der Waals surface area contributed by atoms with E-state index in [4.69, 9.17) is 11.6 Å². The summed E-state index contributed by atoms with van der Waals surface area (Å²) in [6.45, 7) is 7.56. The fourth-order valence-electron chi connectivity index (χ4n) is 3.56. The van der Waals surface area contributed by atoms with Gasteiger partial charge >= 0.3 is 0 Å². The SMILES string of the molecule is CC1NN=CC1Nc1ncc2cc(Cl)c(N3CCC(C)(O)C(C)C3)cc2n1. The van der Waals surface area contributed by atoms with Crippen LogP contribution in [-0.4, -0.2) is 52.1 Å². The normalized spacial score (nSPS) is 30.6. The van der Waals surface area contributed by atoms with Crippen LogP contribution in [0.1, 0.15) is 27.2 Å². The van der Waals surface area contributed by atoms with Gasteiger partial charge in [-0.05, 0) is 32.4 Å². The molecule has 0 amide bonds. The molecule has 144 valence electrons. The molecule has 0 spiro atoms. The number of piperidine rings is 1. The van der Waals surface area contributed by atoms with Gasteiger partial charge in [0.1, 0.15) is 0 Å². The van der Waals surface area contributed by atoms with Crippen molar-refractivity contribution < 1.29 is 5.11 Å². The van der Waals surface area contributed by atoms with Crippen molar-refractivity contribution in [3.63, 3.8) is 0 Å². The average Bonchev–Trinajstić information content (AvgIpc) is 3.02. The van der Waals surface area contributed by atoms with E-state index < -0.39 is 5.60 Å². The van der Waals surface area contributed by atoms with Crippen LogP contribution in [0.4, 0.5) is 11.6 Å². The number of rotatable bonds is 3. The molecule has 2 aliphatic rings. The molecular formula is C19H25ClN6O. The summed E-state index contributed by atoms with van der Waals surface area (Å²) in [5.74, 6) is 0.731. The lowest BCUT2D eigenvalue weighted by molar-refractivity contribution is -0.00933. The largest absolute Gasteiger partial charge is 0.390 e. The molecule has 1 fully saturated rings. The van der Waals surface area contributed by atoms with Crippen molar-refractivity contribution >= 4 is 40.4 Å². The van der Waals surface area contributed by atoms with E-state index in [1.54, 1.807) is 6.20 Å². The van der Waals surface area contributed by atoms with Gasteiger partial charge in [0, 0.05) is 36.8 Å². The number of hydrazone groups is 1. The zero-order valence-electron chi connectivity index (χ0n) is 15.8. The second kappa shape index (κ2) is 6.80. The van der Waals surface area contributed by atoms with E-state index in [1.807, 2.05) is 25.3 Å². The Balaban J connectivity index is 1.62. The Morgan fingerprint density at radius 3 is 2.89 bits per heavy atom. The van der Waals surface area contributed by atoms with Crippen molar-refractivity contribution in [3.05, 3.63) is 23.4 Å². The minimum absolute atomic E-state index is 0.0550. The molecule has 3 N–H and O–H groups in total. The monoisotopic (exact) mass is 388 g/mol. The Labute approximate surface area is 163 Å². The smallest absolute Gasteiger partial charge is 0.223 e. The topological polar surface area (TPSA) is 85.7 Å². The first-order chi connectivity index (χ1) is 12.8. The number of nitrogens with zero attached hydrogens (tertiary/aromatic N) is 4. The van der Waals surface area contributed by atoms with Gasteiger partial charge in [-0.2, -0.15) is 5.10 Å². The number of anilines is 2. The highest BCUT2D eigenvalue weighted by Crippen LogP contribution is 2.35. The van der Waals surface area contributed by atoms with Crippen molar-refractivity contribution in [2.75, 3.05) is 23.3 Å². The Kier molecular flexibility index (Phi) is 4.60. The Morgan fingerprint density at radius 2 is 2.19 bits per heavy atom. The quantitative estimate of drug-likeness (QED) is 0.749. The summed E-state index contributed by atoms with van der Waals surface area (Å²) < 4.78 is 0. The van der Waals surface area contributed by atoms with Gasteiger partial charge in [-0.25, -0.2) is 9.97 Å². The summed E-state index contributed by atoms with van der Waals surface area (Å²) in [6, 6.07) is 4.17. The van der Waals surface area contributed by atoms with Crippen LogP contribution in [-0.2, 0) is 0 Å². The lowest BCUT2D eigenvalue weighted by atomic mass is 9.84. The van der Waals surface area contributed by atoms with Gasteiger partial charge in [0.05, 0.1) is 33.9 Å². The maximum Gasteiger partial charge on any atom is 0.223 e. The molecule has 1 aromatic heterocycles. The van der Waals surface area contributed by atoms with Crippen molar-refractivity contribution in [1.82, 2.24) is 15.4 Å². The molecule has 3 heterocycles. The molecule has 0 saturated carbocycles. The van der Waals surface area contributed by atoms with Gasteiger partial charge in [0.15, 0.2) is 0 Å². The van der Waals surface area contributed by atoms with E-state index in [9.17, 15) is 5.11 Å². The van der Waals surface area contributed by atoms with Crippen LogP contribution in [0.2, 0.25) is 5.02 Å². The van der Waals surface area contributed by atoms with Crippen molar-refractivity contribution in [3.8, 4) is 0 Å². The van der Waals surface area contributed by atoms with Crippen molar-refractivity contribution in [2.45, 2.75) is 44.9 Å². The highest BCUT2D eigenvalue weighted by molar-refractivity contribution is 6.34. The first-order valence-electron chi connectivity index (χ1n) is 9.32. The average molecular weight is 389 g/mol. The van der Waals surface area contributed by atoms with E-state index in [0.717, 1.165) is 29.7 Å². The molecule has 1 saturated heterocycles. The Morgan fingerprint density at radius 1 is 1.37 bits per heavy atom. The molecule has 1 aromatic carbocycles. The fourth-order valence-corrected chi connectivity index (χ4v) is 3.85. The van der Waals surface area contributed by atoms with Crippen LogP contribution < -0.4 is 15.6 Å². The highest BCUT2D eigenvalue weighted by Gasteiger charge is 2.35. The predicted octanol–water partition coefficient (Wildman–Crippen LogP) is 2.64. The molecule has 8 heteroatoms. The van der Waals surface area contributed by atoms with E-state index >= 15 is 0 Å². The molecule has 4 atom stereocenters. The zero-order chi connectivity index (χ0) is 19.2. The van der Waals surface area contributed by atoms with Gasteiger partial charge in [-0.1, -0.05) is 18.5 Å². The third-order valence-electron chi connectivity index (χ3n) is 5.78. The third-order valence-corrected chi connectivity index (χ3v) is 6.08. The van der Waals surface area contributed by atoms with Crippen molar-refractivity contribution in [2.24, 2.45) is 11.0 Å². The lowest BCUT2D eigenvalue weighted by Crippen LogP contribution is -2.49. The van der Waals surface area contributed by atoms with Gasteiger partial charge in [-0.3, -0.25) is 0 Å². The molecular weight excluding hydrogens is 364 g/mol. The summed E-state index contributed by atoms with van der Waals surface area (Å²) in [6.07, 6.45) is 4.33. The maximum atomic E-state index is 10.4. The molecule has 27 heavy (non-hydrogen) atoms. The Hall–Kier alpha value is -2.12. The van der Waals surface area contributed by atoms with Crippen LogP contribution in [0.15, 0.2) is 23.4 Å². The second-order valence-corrected chi connectivity index (χ2v) is 8.28. The zero-order valence-corrected chi connectivity index (χ0v) is 16.5. The second-order valence-electron chi connectivity index (χ2n) is 7.88. The predicted molar refractivity (Wildman–Crippen MR) is 110 cm³/mol. The number of hydrogen-bond acceptors (Lipinski definition) is 7. The van der Waals surface area contributed by atoms with E-state index in [-0.39, 0.29) is 18.0 Å². The van der Waals surface area contributed by atoms with Crippen LogP contribution in [0.5, 0.6) is 0 Å². The molecule has 2 aromatic rings. The maximum absolute atomic E-state index is 10.4. The molecule has 2 aliphatic heterocycles. The molecule has 0 bridgehead atoms. The summed E-state index contributed by atoms with van der Waals surface area (Å²) in [7, 11) is 0. The van der Waals surface area contributed by atoms with Gasteiger partial charge < -0.3 is 20.7 Å². The first-order valence-corrected chi connectivity index (χ1v) is 9.70. The molecule has 0 aliphatic carbocycles. The number of benzene rings is 1. The van der Waals surface area contributed by atoms with Gasteiger partial charge in [-0.15, -0.1) is 0 Å². The number of aliphatic hydroxyl groups is 1. The first kappa shape index (κ1) is 18.3. The molecule has 4 unspecified atom stereocenters. The van der Waals surface area contributed by atoms with Gasteiger partial charge in [0.25, 0.3) is 0 Å². The summed E-state index contributed by atoms with van der Waals surface area (Å²) in [4.78, 5) is 11.3. The number of nitrogens with one attached hydrogen (secondary N) is 2. The number of hydrogen-bond donors (Lipinski definition) is 3. The summed E-state index contributed by atoms with van der Waals surface area (Å²) in [5, 5.41) is 19.4. The van der Waals surface area contributed by atoms with E-state index in [1.165, 1.54) is 0 Å². The number of halogens is 1. The minimum atomic E-state index is -0.632. The Bertz CT molecular complexity index is 886. The lowest BCUT2D eigenvalue weighted by Gasteiger charge is -2.42. The van der Waals surface area contributed by atoms with Gasteiger partial charge in [0.2, 0.25) is 5.95 Å². The molecule has 4 rings (SSSR count). The minimum Gasteiger partial charge on any atom is -0.390 e. The van der Waals surface area contributed by atoms with Crippen molar-refractivity contribution in [1.29, 1.82) is 0 Å².